The average molecular weight is 169 g/mol. The van der Waals surface area contributed by atoms with Crippen LogP contribution in [0, 0.1) is 5.41 Å². The van der Waals surface area contributed by atoms with Crippen molar-refractivity contribution in [2.75, 3.05) is 0 Å². The Kier molecular flexibility index (Phi) is 4.11. The van der Waals surface area contributed by atoms with Crippen LogP contribution in [-0.2, 0) is 4.79 Å². The Bertz CT molecular complexity index is 205. The third-order valence-electron chi connectivity index (χ3n) is 1.63. The SMILES string of the molecule is CC(C)(C/C=C\C=CO)C(N)=O. The first-order valence-corrected chi connectivity index (χ1v) is 3.76. The summed E-state index contributed by atoms with van der Waals surface area (Å²) in [7, 11) is 0. The van der Waals surface area contributed by atoms with Crippen molar-refractivity contribution < 1.29 is 9.90 Å². The minimum atomic E-state index is -0.514. The third kappa shape index (κ3) is 3.81. The van der Waals surface area contributed by atoms with Crippen molar-refractivity contribution in [3.63, 3.8) is 0 Å². The molecule has 3 heteroatoms. The van der Waals surface area contributed by atoms with Crippen LogP contribution in [0.15, 0.2) is 24.5 Å². The Hall–Kier alpha value is -1.25. The van der Waals surface area contributed by atoms with Gasteiger partial charge in [-0.25, -0.2) is 0 Å². The highest BCUT2D eigenvalue weighted by molar-refractivity contribution is 5.80. The molecule has 0 saturated heterocycles. The first-order chi connectivity index (χ1) is 5.50. The van der Waals surface area contributed by atoms with E-state index in [-0.39, 0.29) is 5.91 Å². The molecule has 3 N–H and O–H groups in total. The predicted octanol–water partition coefficient (Wildman–Crippen LogP) is 1.52. The van der Waals surface area contributed by atoms with Gasteiger partial charge in [-0.15, -0.1) is 0 Å². The van der Waals surface area contributed by atoms with Crippen LogP contribution in [-0.4, -0.2) is 11.0 Å². The Balaban J connectivity index is 3.99. The van der Waals surface area contributed by atoms with Crippen molar-refractivity contribution in [3.05, 3.63) is 24.5 Å². The van der Waals surface area contributed by atoms with Crippen molar-refractivity contribution in [1.29, 1.82) is 0 Å². The van der Waals surface area contributed by atoms with Crippen LogP contribution < -0.4 is 5.73 Å². The van der Waals surface area contributed by atoms with Gasteiger partial charge in [-0.2, -0.15) is 0 Å². The largest absolute Gasteiger partial charge is 0.516 e. The van der Waals surface area contributed by atoms with Crippen molar-refractivity contribution in [3.8, 4) is 0 Å². The summed E-state index contributed by atoms with van der Waals surface area (Å²) in [5, 5.41) is 8.28. The molecule has 0 aliphatic heterocycles. The van der Waals surface area contributed by atoms with E-state index in [4.69, 9.17) is 10.8 Å². The predicted molar refractivity (Wildman–Crippen MR) is 48.5 cm³/mol. The van der Waals surface area contributed by atoms with Crippen molar-refractivity contribution in [2.45, 2.75) is 20.3 Å². The van der Waals surface area contributed by atoms with E-state index >= 15 is 0 Å². The number of allylic oxidation sites excluding steroid dienone is 3. The number of rotatable bonds is 4. The van der Waals surface area contributed by atoms with Gasteiger partial charge in [0.05, 0.1) is 6.26 Å². The summed E-state index contributed by atoms with van der Waals surface area (Å²) < 4.78 is 0. The van der Waals surface area contributed by atoms with E-state index < -0.39 is 5.41 Å². The second-order valence-electron chi connectivity index (χ2n) is 3.22. The molecule has 0 aliphatic carbocycles. The third-order valence-corrected chi connectivity index (χ3v) is 1.63. The molecule has 0 atom stereocenters. The quantitative estimate of drug-likeness (QED) is 0.495. The van der Waals surface area contributed by atoms with Crippen LogP contribution in [0.2, 0.25) is 0 Å². The summed E-state index contributed by atoms with van der Waals surface area (Å²) in [6.07, 6.45) is 6.46. The highest BCUT2D eigenvalue weighted by atomic mass is 16.2. The monoisotopic (exact) mass is 169 g/mol. The maximum Gasteiger partial charge on any atom is 0.223 e. The second-order valence-corrected chi connectivity index (χ2v) is 3.22. The molecule has 0 saturated carbocycles. The molecule has 0 aromatic rings. The van der Waals surface area contributed by atoms with E-state index in [1.165, 1.54) is 6.08 Å². The van der Waals surface area contributed by atoms with Gasteiger partial charge in [0, 0.05) is 5.41 Å². The summed E-state index contributed by atoms with van der Waals surface area (Å²) >= 11 is 0. The summed E-state index contributed by atoms with van der Waals surface area (Å²) in [6, 6.07) is 0. The molecule has 0 fully saturated rings. The van der Waals surface area contributed by atoms with Gasteiger partial charge in [0.1, 0.15) is 0 Å². The summed E-state index contributed by atoms with van der Waals surface area (Å²) in [6.45, 7) is 3.56. The molecule has 0 spiro atoms. The molecule has 3 nitrogen and oxygen atoms in total. The molecule has 12 heavy (non-hydrogen) atoms. The fourth-order valence-corrected chi connectivity index (χ4v) is 0.592. The molecule has 0 heterocycles. The average Bonchev–Trinajstić information content (AvgIpc) is 1.98. The van der Waals surface area contributed by atoms with E-state index in [0.717, 1.165) is 6.26 Å². The maximum absolute atomic E-state index is 10.8. The van der Waals surface area contributed by atoms with Gasteiger partial charge in [-0.3, -0.25) is 4.79 Å². The maximum atomic E-state index is 10.8. The van der Waals surface area contributed by atoms with Gasteiger partial charge < -0.3 is 10.8 Å². The highest BCUT2D eigenvalue weighted by Gasteiger charge is 2.22. The van der Waals surface area contributed by atoms with E-state index in [0.29, 0.717) is 6.42 Å². The molecule has 0 aromatic heterocycles. The van der Waals surface area contributed by atoms with Crippen LogP contribution in [0.25, 0.3) is 0 Å². The zero-order valence-electron chi connectivity index (χ0n) is 7.45. The summed E-state index contributed by atoms with van der Waals surface area (Å²) in [4.78, 5) is 10.8. The normalized spacial score (nSPS) is 12.8. The fraction of sp³-hybridized carbons (Fsp3) is 0.444. The summed E-state index contributed by atoms with van der Waals surface area (Å²) in [5.74, 6) is -0.319. The minimum Gasteiger partial charge on any atom is -0.516 e. The van der Waals surface area contributed by atoms with Crippen LogP contribution in [0.1, 0.15) is 20.3 Å². The smallest absolute Gasteiger partial charge is 0.223 e. The molecule has 68 valence electrons. The molecule has 0 bridgehead atoms. The standard InChI is InChI=1S/C9H15NO2/c1-9(2,8(10)12)6-4-3-5-7-11/h3-5,7,11H,6H2,1-2H3,(H2,10,12)/b4-3-,7-5?. The van der Waals surface area contributed by atoms with E-state index in [2.05, 4.69) is 0 Å². The topological polar surface area (TPSA) is 63.3 Å². The summed E-state index contributed by atoms with van der Waals surface area (Å²) in [5.41, 5.74) is 4.63. The van der Waals surface area contributed by atoms with Crippen molar-refractivity contribution in [2.24, 2.45) is 11.1 Å². The van der Waals surface area contributed by atoms with Crippen molar-refractivity contribution in [1.82, 2.24) is 0 Å². The van der Waals surface area contributed by atoms with E-state index in [9.17, 15) is 4.79 Å². The van der Waals surface area contributed by atoms with E-state index in [1.807, 2.05) is 0 Å². The fourth-order valence-electron chi connectivity index (χ4n) is 0.592. The van der Waals surface area contributed by atoms with Gasteiger partial charge in [0.15, 0.2) is 0 Å². The molecule has 0 rings (SSSR count). The lowest BCUT2D eigenvalue weighted by Crippen LogP contribution is -2.30. The number of nitrogens with two attached hydrogens (primary N) is 1. The van der Waals surface area contributed by atoms with Crippen LogP contribution in [0.5, 0.6) is 0 Å². The number of amides is 1. The molecule has 0 unspecified atom stereocenters. The van der Waals surface area contributed by atoms with Gasteiger partial charge in [0.25, 0.3) is 0 Å². The highest BCUT2D eigenvalue weighted by Crippen LogP contribution is 2.19. The first-order valence-electron chi connectivity index (χ1n) is 3.76. The molecule has 0 aliphatic rings. The lowest BCUT2D eigenvalue weighted by Gasteiger charge is -2.17. The molecule has 1 amide bonds. The molecule has 0 aromatic carbocycles. The lowest BCUT2D eigenvalue weighted by atomic mass is 9.88. The number of primary amides is 1. The number of carbonyl (C=O) groups excluding carboxylic acids is 1. The second kappa shape index (κ2) is 4.59. The van der Waals surface area contributed by atoms with Crippen LogP contribution in [0.3, 0.4) is 0 Å². The molecular weight excluding hydrogens is 154 g/mol. The first kappa shape index (κ1) is 10.8. The molecular formula is C9H15NO2. The molecule has 0 radical (unpaired) electrons. The van der Waals surface area contributed by atoms with Gasteiger partial charge in [-0.05, 0) is 12.5 Å². The zero-order valence-corrected chi connectivity index (χ0v) is 7.45. The van der Waals surface area contributed by atoms with Crippen LogP contribution >= 0.6 is 0 Å². The Morgan fingerprint density at radius 1 is 1.50 bits per heavy atom. The number of aliphatic hydroxyl groups is 1. The van der Waals surface area contributed by atoms with Gasteiger partial charge in [-0.1, -0.05) is 26.0 Å². The Morgan fingerprint density at radius 2 is 2.08 bits per heavy atom. The van der Waals surface area contributed by atoms with Gasteiger partial charge >= 0.3 is 0 Å². The van der Waals surface area contributed by atoms with Crippen molar-refractivity contribution >= 4 is 5.91 Å². The number of carbonyl (C=O) groups is 1. The number of hydrogen-bond acceptors (Lipinski definition) is 2. The zero-order chi connectivity index (χ0) is 9.61. The van der Waals surface area contributed by atoms with Crippen LogP contribution in [0.4, 0.5) is 0 Å². The lowest BCUT2D eigenvalue weighted by molar-refractivity contribution is -0.125. The van der Waals surface area contributed by atoms with E-state index in [1.54, 1.807) is 26.0 Å². The minimum absolute atomic E-state index is 0.319. The number of hydrogen-bond donors (Lipinski definition) is 2. The number of aliphatic hydroxyl groups excluding tert-OH is 1. The van der Waals surface area contributed by atoms with Gasteiger partial charge in [0.2, 0.25) is 5.91 Å². The Labute approximate surface area is 72.6 Å². The Morgan fingerprint density at radius 3 is 2.50 bits per heavy atom.